The summed E-state index contributed by atoms with van der Waals surface area (Å²) in [6, 6.07) is 18.1. The fourth-order valence-corrected chi connectivity index (χ4v) is 3.66. The molecule has 0 spiro atoms. The molecule has 0 N–H and O–H groups in total. The molecule has 0 saturated heterocycles. The average Bonchev–Trinajstić information content (AvgIpc) is 3.14. The van der Waals surface area contributed by atoms with Gasteiger partial charge in [0.25, 0.3) is 5.56 Å². The Morgan fingerprint density at radius 3 is 2.59 bits per heavy atom. The van der Waals surface area contributed by atoms with Gasteiger partial charge in [0.2, 0.25) is 0 Å². The molecule has 34 heavy (non-hydrogen) atoms. The maximum absolute atomic E-state index is 12.6. The van der Waals surface area contributed by atoms with Crippen molar-refractivity contribution in [2.45, 2.75) is 20.6 Å². The molecule has 2 aromatic carbocycles. The quantitative estimate of drug-likeness (QED) is 0.249. The van der Waals surface area contributed by atoms with Crippen molar-refractivity contribution in [1.82, 2.24) is 19.6 Å². The second-order valence-electron chi connectivity index (χ2n) is 7.50. The average molecular weight is 455 g/mol. The zero-order valence-corrected chi connectivity index (χ0v) is 18.8. The summed E-state index contributed by atoms with van der Waals surface area (Å²) in [5, 5.41) is 17.6. The second-order valence-corrected chi connectivity index (χ2v) is 7.50. The van der Waals surface area contributed by atoms with Crippen LogP contribution in [0.5, 0.6) is 5.75 Å². The Kier molecular flexibility index (Phi) is 6.23. The third kappa shape index (κ3) is 4.29. The summed E-state index contributed by atoms with van der Waals surface area (Å²) in [5.74, 6) is -0.116. The molecule has 9 heteroatoms. The number of aryl methyl sites for hydroxylation is 1. The number of rotatable bonds is 6. The van der Waals surface area contributed by atoms with Crippen molar-refractivity contribution in [3.63, 3.8) is 0 Å². The van der Waals surface area contributed by atoms with E-state index in [1.807, 2.05) is 54.8 Å². The predicted molar refractivity (Wildman–Crippen MR) is 125 cm³/mol. The molecule has 0 bridgehead atoms. The van der Waals surface area contributed by atoms with Gasteiger partial charge in [0.15, 0.2) is 6.73 Å². The van der Waals surface area contributed by atoms with Crippen LogP contribution in [0.2, 0.25) is 0 Å². The molecule has 0 saturated carbocycles. The fourth-order valence-electron chi connectivity index (χ4n) is 3.66. The number of methoxy groups -OCH3 is 1. The summed E-state index contributed by atoms with van der Waals surface area (Å²) < 4.78 is 13.3. The Morgan fingerprint density at radius 1 is 1.15 bits per heavy atom. The lowest BCUT2D eigenvalue weighted by molar-refractivity contribution is -0.142. The highest BCUT2D eigenvalue weighted by atomic mass is 16.5. The monoisotopic (exact) mass is 455 g/mol. The number of hydrogen-bond donors (Lipinski definition) is 0. The van der Waals surface area contributed by atoms with Crippen molar-refractivity contribution in [2.24, 2.45) is 0 Å². The Balaban J connectivity index is 1.56. The van der Waals surface area contributed by atoms with Crippen LogP contribution in [-0.2, 0) is 16.3 Å². The van der Waals surface area contributed by atoms with Crippen LogP contribution in [0.25, 0.3) is 22.7 Å². The third-order valence-corrected chi connectivity index (χ3v) is 5.39. The molecule has 0 aliphatic carbocycles. The fraction of sp³-hybridized carbons (Fsp3) is 0.160. The van der Waals surface area contributed by atoms with Gasteiger partial charge in [-0.15, -0.1) is 5.10 Å². The van der Waals surface area contributed by atoms with Crippen molar-refractivity contribution < 1.29 is 14.3 Å². The Hall–Kier alpha value is -4.71. The topological polar surface area (TPSA) is 112 Å². The zero-order chi connectivity index (χ0) is 24.2. The summed E-state index contributed by atoms with van der Waals surface area (Å²) in [5.41, 5.74) is 3.20. The Morgan fingerprint density at radius 2 is 1.88 bits per heavy atom. The molecule has 4 rings (SSSR count). The summed E-state index contributed by atoms with van der Waals surface area (Å²) in [4.78, 5) is 25.1. The molecule has 2 aromatic heterocycles. The number of carbonyl (C=O) groups excluding carboxylic acids is 1. The number of esters is 1. The number of hydrogen-bond acceptors (Lipinski definition) is 7. The first-order valence-corrected chi connectivity index (χ1v) is 10.4. The molecule has 2 heterocycles. The smallest absolute Gasteiger partial charge is 0.350 e. The number of fused-ring (bicyclic) bond motifs is 1. The molecular formula is C25H21N5O4. The minimum Gasteiger partial charge on any atom is -0.497 e. The Labute approximate surface area is 195 Å². The van der Waals surface area contributed by atoms with Crippen molar-refractivity contribution in [1.29, 1.82) is 5.26 Å². The second kappa shape index (κ2) is 9.42. The maximum atomic E-state index is 12.6. The van der Waals surface area contributed by atoms with E-state index >= 15 is 0 Å². The van der Waals surface area contributed by atoms with E-state index in [2.05, 4.69) is 10.3 Å². The van der Waals surface area contributed by atoms with Crippen LogP contribution in [-0.4, -0.2) is 32.6 Å². The molecule has 0 fully saturated rings. The van der Waals surface area contributed by atoms with E-state index in [4.69, 9.17) is 9.47 Å². The van der Waals surface area contributed by atoms with Crippen LogP contribution >= 0.6 is 0 Å². The van der Waals surface area contributed by atoms with Gasteiger partial charge in [-0.2, -0.15) is 9.94 Å². The lowest BCUT2D eigenvalue weighted by atomic mass is 10.1. The minimum atomic E-state index is -0.862. The van der Waals surface area contributed by atoms with Gasteiger partial charge in [0, 0.05) is 17.1 Å². The molecule has 0 radical (unpaired) electrons. The van der Waals surface area contributed by atoms with E-state index in [1.165, 1.54) is 6.08 Å². The van der Waals surface area contributed by atoms with Crippen molar-refractivity contribution in [2.75, 3.05) is 7.11 Å². The molecule has 0 aliphatic rings. The van der Waals surface area contributed by atoms with E-state index in [0.717, 1.165) is 27.5 Å². The van der Waals surface area contributed by atoms with Gasteiger partial charge in [-0.1, -0.05) is 17.3 Å². The van der Waals surface area contributed by atoms with Gasteiger partial charge in [-0.3, -0.25) is 4.79 Å². The lowest BCUT2D eigenvalue weighted by Crippen LogP contribution is -2.26. The summed E-state index contributed by atoms with van der Waals surface area (Å²) in [7, 11) is 1.61. The first-order chi connectivity index (χ1) is 16.4. The van der Waals surface area contributed by atoms with Gasteiger partial charge < -0.3 is 14.0 Å². The standard InChI is InChI=1S/C25H21N5O4/c1-16-12-18(17(2)30(16)20-8-10-21(33-3)11-9-20)13-19(14-26)25(32)34-15-29-24(31)22-6-4-5-7-23(22)27-28-29/h4-13H,15H2,1-3H3/b19-13+. The number of ether oxygens (including phenoxy) is 2. The summed E-state index contributed by atoms with van der Waals surface area (Å²) in [6.07, 6.45) is 1.47. The molecular weight excluding hydrogens is 434 g/mol. The van der Waals surface area contributed by atoms with Crippen molar-refractivity contribution >= 4 is 22.9 Å². The Bertz CT molecular complexity index is 1510. The molecule has 4 aromatic rings. The zero-order valence-electron chi connectivity index (χ0n) is 18.8. The molecule has 170 valence electrons. The van der Waals surface area contributed by atoms with Gasteiger partial charge in [-0.05, 0) is 68.0 Å². The molecule has 0 unspecified atom stereocenters. The molecule has 9 nitrogen and oxygen atoms in total. The normalized spacial score (nSPS) is 11.3. The number of nitriles is 1. The van der Waals surface area contributed by atoms with Gasteiger partial charge in [-0.25, -0.2) is 4.79 Å². The highest BCUT2D eigenvalue weighted by Gasteiger charge is 2.16. The van der Waals surface area contributed by atoms with Crippen LogP contribution < -0.4 is 10.3 Å². The number of carbonyl (C=O) groups is 1. The van der Waals surface area contributed by atoms with Gasteiger partial charge in [0.05, 0.1) is 12.5 Å². The third-order valence-electron chi connectivity index (χ3n) is 5.39. The predicted octanol–water partition coefficient (Wildman–Crippen LogP) is 3.32. The first kappa shape index (κ1) is 22.5. The van der Waals surface area contributed by atoms with E-state index < -0.39 is 18.3 Å². The summed E-state index contributed by atoms with van der Waals surface area (Å²) in [6.45, 7) is 3.37. The minimum absolute atomic E-state index is 0.197. The van der Waals surface area contributed by atoms with Gasteiger partial charge >= 0.3 is 5.97 Å². The van der Waals surface area contributed by atoms with Crippen LogP contribution in [0.4, 0.5) is 0 Å². The van der Waals surface area contributed by atoms with Crippen LogP contribution in [0.3, 0.4) is 0 Å². The molecule has 0 atom stereocenters. The van der Waals surface area contributed by atoms with E-state index in [1.54, 1.807) is 31.4 Å². The molecule has 0 amide bonds. The van der Waals surface area contributed by atoms with Crippen molar-refractivity contribution in [3.8, 4) is 17.5 Å². The molecule has 0 aliphatic heterocycles. The van der Waals surface area contributed by atoms with E-state index in [0.29, 0.717) is 16.5 Å². The maximum Gasteiger partial charge on any atom is 0.350 e. The highest BCUT2D eigenvalue weighted by molar-refractivity contribution is 5.98. The number of benzene rings is 2. The number of aromatic nitrogens is 4. The van der Waals surface area contributed by atoms with Crippen LogP contribution in [0, 0.1) is 25.2 Å². The number of nitrogens with zero attached hydrogens (tertiary/aromatic N) is 5. The van der Waals surface area contributed by atoms with E-state index in [9.17, 15) is 14.9 Å². The van der Waals surface area contributed by atoms with Crippen LogP contribution in [0.1, 0.15) is 17.0 Å². The van der Waals surface area contributed by atoms with Crippen LogP contribution in [0.15, 0.2) is 65.0 Å². The van der Waals surface area contributed by atoms with Crippen molar-refractivity contribution in [3.05, 3.63) is 87.5 Å². The highest BCUT2D eigenvalue weighted by Crippen LogP contribution is 2.24. The first-order valence-electron chi connectivity index (χ1n) is 10.4. The SMILES string of the molecule is COc1ccc(-n2c(C)cc(/C=C(\C#N)C(=O)OCn3nnc4ccccc4c3=O)c2C)cc1. The lowest BCUT2D eigenvalue weighted by Gasteiger charge is -2.10. The van der Waals surface area contributed by atoms with Gasteiger partial charge in [0.1, 0.15) is 22.9 Å². The largest absolute Gasteiger partial charge is 0.497 e. The summed E-state index contributed by atoms with van der Waals surface area (Å²) >= 11 is 0. The van der Waals surface area contributed by atoms with E-state index in [-0.39, 0.29) is 5.57 Å².